The van der Waals surface area contributed by atoms with Gasteiger partial charge in [-0.15, -0.1) is 0 Å². The molecule has 1 amide bonds. The van der Waals surface area contributed by atoms with E-state index in [2.05, 4.69) is 5.32 Å². The molecule has 2 rings (SSSR count). The predicted octanol–water partition coefficient (Wildman–Crippen LogP) is 3.16. The van der Waals surface area contributed by atoms with Gasteiger partial charge in [-0.3, -0.25) is 4.79 Å². The maximum atomic E-state index is 12.5. The Labute approximate surface area is 148 Å². The predicted molar refractivity (Wildman–Crippen MR) is 97.8 cm³/mol. The van der Waals surface area contributed by atoms with Crippen molar-refractivity contribution in [1.82, 2.24) is 5.32 Å². The van der Waals surface area contributed by atoms with E-state index in [-0.39, 0.29) is 18.4 Å². The Balaban J connectivity index is 2.03. The molecule has 5 heteroatoms. The van der Waals surface area contributed by atoms with E-state index in [0.717, 1.165) is 12.0 Å². The molecule has 0 aromatic heterocycles. The third kappa shape index (κ3) is 5.35. The molecule has 0 radical (unpaired) electrons. The smallest absolute Gasteiger partial charge is 0.329 e. The number of nitrogens with two attached hydrogens (primary N) is 1. The summed E-state index contributed by atoms with van der Waals surface area (Å²) >= 11 is 0. The van der Waals surface area contributed by atoms with E-state index in [1.807, 2.05) is 44.2 Å². The van der Waals surface area contributed by atoms with Crippen LogP contribution in [-0.4, -0.2) is 17.9 Å². The van der Waals surface area contributed by atoms with Gasteiger partial charge in [-0.2, -0.15) is 0 Å². The SMILES string of the molecule is CCC(C)C(NC(=O)c1ccc(N)cc1)C(=O)OCc1ccccc1. The van der Waals surface area contributed by atoms with Crippen LogP contribution in [0.1, 0.15) is 36.2 Å². The van der Waals surface area contributed by atoms with E-state index in [1.165, 1.54) is 0 Å². The van der Waals surface area contributed by atoms with Crippen molar-refractivity contribution in [2.24, 2.45) is 5.92 Å². The van der Waals surface area contributed by atoms with Crippen molar-refractivity contribution < 1.29 is 14.3 Å². The van der Waals surface area contributed by atoms with E-state index in [0.29, 0.717) is 11.3 Å². The van der Waals surface area contributed by atoms with Crippen LogP contribution in [0.25, 0.3) is 0 Å². The van der Waals surface area contributed by atoms with E-state index < -0.39 is 12.0 Å². The van der Waals surface area contributed by atoms with E-state index in [9.17, 15) is 9.59 Å². The van der Waals surface area contributed by atoms with Crippen molar-refractivity contribution in [2.75, 3.05) is 5.73 Å². The molecule has 25 heavy (non-hydrogen) atoms. The van der Waals surface area contributed by atoms with Gasteiger partial charge in [-0.1, -0.05) is 50.6 Å². The first kappa shape index (κ1) is 18.5. The minimum Gasteiger partial charge on any atom is -0.459 e. The van der Waals surface area contributed by atoms with Crippen LogP contribution in [0, 0.1) is 5.92 Å². The second kappa shape index (κ2) is 8.87. The first-order valence-corrected chi connectivity index (χ1v) is 8.38. The number of ether oxygens (including phenoxy) is 1. The molecule has 132 valence electrons. The number of anilines is 1. The Kier molecular flexibility index (Phi) is 6.57. The molecule has 0 heterocycles. The first-order valence-electron chi connectivity index (χ1n) is 8.38. The van der Waals surface area contributed by atoms with Crippen LogP contribution in [0.3, 0.4) is 0 Å². The molecule has 2 unspecified atom stereocenters. The quantitative estimate of drug-likeness (QED) is 0.599. The van der Waals surface area contributed by atoms with Crippen LogP contribution in [0.2, 0.25) is 0 Å². The second-order valence-electron chi connectivity index (χ2n) is 6.05. The zero-order valence-electron chi connectivity index (χ0n) is 14.6. The van der Waals surface area contributed by atoms with Crippen molar-refractivity contribution in [1.29, 1.82) is 0 Å². The van der Waals surface area contributed by atoms with Crippen molar-refractivity contribution in [2.45, 2.75) is 32.9 Å². The molecular weight excluding hydrogens is 316 g/mol. The third-order valence-electron chi connectivity index (χ3n) is 4.15. The van der Waals surface area contributed by atoms with Gasteiger partial charge in [-0.25, -0.2) is 4.79 Å². The highest BCUT2D eigenvalue weighted by Crippen LogP contribution is 2.13. The van der Waals surface area contributed by atoms with Crippen molar-refractivity contribution in [3.05, 3.63) is 65.7 Å². The van der Waals surface area contributed by atoms with Gasteiger partial charge in [0.1, 0.15) is 12.6 Å². The highest BCUT2D eigenvalue weighted by molar-refractivity contribution is 5.97. The molecule has 2 aromatic carbocycles. The van der Waals surface area contributed by atoms with E-state index in [1.54, 1.807) is 24.3 Å². The summed E-state index contributed by atoms with van der Waals surface area (Å²) in [6, 6.07) is 15.3. The Bertz CT molecular complexity index is 699. The monoisotopic (exact) mass is 340 g/mol. The number of hydrogen-bond acceptors (Lipinski definition) is 4. The molecule has 0 saturated heterocycles. The van der Waals surface area contributed by atoms with E-state index in [4.69, 9.17) is 10.5 Å². The number of rotatable bonds is 7. The summed E-state index contributed by atoms with van der Waals surface area (Å²) < 4.78 is 5.40. The summed E-state index contributed by atoms with van der Waals surface area (Å²) in [5.74, 6) is -0.787. The number of carbonyl (C=O) groups is 2. The molecule has 2 aromatic rings. The lowest BCUT2D eigenvalue weighted by atomic mass is 9.98. The third-order valence-corrected chi connectivity index (χ3v) is 4.15. The minimum absolute atomic E-state index is 0.0407. The largest absolute Gasteiger partial charge is 0.459 e. The summed E-state index contributed by atoms with van der Waals surface area (Å²) in [7, 11) is 0. The maximum absolute atomic E-state index is 12.5. The lowest BCUT2D eigenvalue weighted by Crippen LogP contribution is -2.45. The minimum atomic E-state index is -0.696. The fourth-order valence-corrected chi connectivity index (χ4v) is 2.35. The maximum Gasteiger partial charge on any atom is 0.329 e. The fourth-order valence-electron chi connectivity index (χ4n) is 2.35. The number of nitrogen functional groups attached to an aromatic ring is 1. The average Bonchev–Trinajstić information content (AvgIpc) is 2.64. The molecule has 0 bridgehead atoms. The van der Waals surface area contributed by atoms with Crippen LogP contribution in [0.4, 0.5) is 5.69 Å². The summed E-state index contributed by atoms with van der Waals surface area (Å²) in [5, 5.41) is 2.79. The van der Waals surface area contributed by atoms with Crippen LogP contribution < -0.4 is 11.1 Å². The molecule has 0 saturated carbocycles. The average molecular weight is 340 g/mol. The van der Waals surface area contributed by atoms with Crippen LogP contribution in [0.15, 0.2) is 54.6 Å². The lowest BCUT2D eigenvalue weighted by Gasteiger charge is -2.22. The molecule has 5 nitrogen and oxygen atoms in total. The Morgan fingerprint density at radius 1 is 1.08 bits per heavy atom. The van der Waals surface area contributed by atoms with Crippen LogP contribution in [-0.2, 0) is 16.1 Å². The number of benzene rings is 2. The van der Waals surface area contributed by atoms with Crippen LogP contribution >= 0.6 is 0 Å². The highest BCUT2D eigenvalue weighted by Gasteiger charge is 2.27. The lowest BCUT2D eigenvalue weighted by molar-refractivity contribution is -0.148. The summed E-state index contributed by atoms with van der Waals surface area (Å²) in [6.45, 7) is 4.07. The molecule has 0 aliphatic heterocycles. The molecule has 0 aliphatic rings. The normalized spacial score (nSPS) is 12.9. The van der Waals surface area contributed by atoms with Gasteiger partial charge in [0.25, 0.3) is 5.91 Å². The number of amides is 1. The summed E-state index contributed by atoms with van der Waals surface area (Å²) in [4.78, 5) is 24.9. The zero-order chi connectivity index (χ0) is 18.2. The van der Waals surface area contributed by atoms with Crippen LogP contribution in [0.5, 0.6) is 0 Å². The Morgan fingerprint density at radius 3 is 2.32 bits per heavy atom. The summed E-state index contributed by atoms with van der Waals surface area (Å²) in [5.41, 5.74) is 7.58. The topological polar surface area (TPSA) is 81.4 Å². The first-order chi connectivity index (χ1) is 12.0. The fraction of sp³-hybridized carbons (Fsp3) is 0.300. The molecule has 0 aliphatic carbocycles. The molecule has 2 atom stereocenters. The van der Waals surface area contributed by atoms with Gasteiger partial charge in [-0.05, 0) is 35.7 Å². The van der Waals surface area contributed by atoms with Gasteiger partial charge in [0.05, 0.1) is 0 Å². The number of esters is 1. The summed E-state index contributed by atoms with van der Waals surface area (Å²) in [6.07, 6.45) is 0.743. The van der Waals surface area contributed by atoms with Gasteiger partial charge in [0, 0.05) is 11.3 Å². The zero-order valence-corrected chi connectivity index (χ0v) is 14.6. The standard InChI is InChI=1S/C20H24N2O3/c1-3-14(2)18(20(24)25-13-15-7-5-4-6-8-15)22-19(23)16-9-11-17(21)12-10-16/h4-12,14,18H,3,13,21H2,1-2H3,(H,22,23). The van der Waals surface area contributed by atoms with Crippen molar-refractivity contribution in [3.63, 3.8) is 0 Å². The number of hydrogen-bond donors (Lipinski definition) is 2. The molecule has 0 spiro atoms. The molecular formula is C20H24N2O3. The molecule has 0 fully saturated rings. The van der Waals surface area contributed by atoms with Crippen molar-refractivity contribution >= 4 is 17.6 Å². The van der Waals surface area contributed by atoms with Gasteiger partial charge >= 0.3 is 5.97 Å². The van der Waals surface area contributed by atoms with Gasteiger partial charge < -0.3 is 15.8 Å². The number of carbonyl (C=O) groups excluding carboxylic acids is 2. The Hall–Kier alpha value is -2.82. The molecule has 3 N–H and O–H groups in total. The second-order valence-corrected chi connectivity index (χ2v) is 6.05. The van der Waals surface area contributed by atoms with Crippen molar-refractivity contribution in [3.8, 4) is 0 Å². The number of nitrogens with one attached hydrogen (secondary N) is 1. The van der Waals surface area contributed by atoms with E-state index >= 15 is 0 Å². The van der Waals surface area contributed by atoms with Gasteiger partial charge in [0.2, 0.25) is 0 Å². The highest BCUT2D eigenvalue weighted by atomic mass is 16.5. The van der Waals surface area contributed by atoms with Gasteiger partial charge in [0.15, 0.2) is 0 Å². The Morgan fingerprint density at radius 2 is 1.72 bits per heavy atom.